The highest BCUT2D eigenvalue weighted by Gasteiger charge is 2.24. The monoisotopic (exact) mass is 574 g/mol. The number of rotatable bonds is 13. The zero-order valence-corrected chi connectivity index (χ0v) is 23.6. The lowest BCUT2D eigenvalue weighted by molar-refractivity contribution is -0.140. The fourth-order valence-corrected chi connectivity index (χ4v) is 4.50. The molecule has 1 atom stereocenters. The molecule has 4 aromatic rings. The van der Waals surface area contributed by atoms with Crippen molar-refractivity contribution in [1.29, 1.82) is 0 Å². The van der Waals surface area contributed by atoms with Crippen LogP contribution in [-0.4, -0.2) is 48.1 Å². The van der Waals surface area contributed by atoms with E-state index in [1.165, 1.54) is 19.6 Å². The van der Waals surface area contributed by atoms with Gasteiger partial charge in [0.05, 0.1) is 19.6 Å². The zero-order valence-electron chi connectivity index (χ0n) is 23.6. The molecule has 42 heavy (non-hydrogen) atoms. The third kappa shape index (κ3) is 8.00. The van der Waals surface area contributed by atoms with E-state index >= 15 is 0 Å². The normalized spacial score (nSPS) is 11.5. The molecule has 2 heterocycles. The number of hydrogen-bond acceptors (Lipinski definition) is 7. The number of para-hydroxylation sites is 2. The van der Waals surface area contributed by atoms with Crippen molar-refractivity contribution >= 4 is 40.5 Å². The van der Waals surface area contributed by atoms with Crippen molar-refractivity contribution in [3.05, 3.63) is 90.0 Å². The molecule has 0 fully saturated rings. The van der Waals surface area contributed by atoms with Gasteiger partial charge in [-0.15, -0.1) is 0 Å². The Balaban J connectivity index is 1.42. The highest BCUT2D eigenvalue weighted by Crippen LogP contribution is 2.20. The first-order valence-electron chi connectivity index (χ1n) is 13.6. The Morgan fingerprint density at radius 1 is 1.02 bits per heavy atom. The molecule has 0 radical (unpaired) electrons. The summed E-state index contributed by atoms with van der Waals surface area (Å²) in [6.07, 6.45) is 3.55. The summed E-state index contributed by atoms with van der Waals surface area (Å²) in [5, 5.41) is 9.33. The lowest BCUT2D eigenvalue weighted by Crippen LogP contribution is -2.44. The van der Waals surface area contributed by atoms with Gasteiger partial charge < -0.3 is 34.4 Å². The van der Waals surface area contributed by atoms with Gasteiger partial charge in [0.15, 0.2) is 0 Å². The lowest BCUT2D eigenvalue weighted by Gasteiger charge is -2.20. The Hall–Kier alpha value is -5.06. The molecule has 11 heteroatoms. The summed E-state index contributed by atoms with van der Waals surface area (Å²) in [6, 6.07) is 17.3. The van der Waals surface area contributed by atoms with Crippen molar-refractivity contribution in [3.63, 3.8) is 0 Å². The first-order chi connectivity index (χ1) is 20.4. The minimum absolute atomic E-state index is 0.0732. The van der Waals surface area contributed by atoms with Crippen LogP contribution >= 0.6 is 0 Å². The van der Waals surface area contributed by atoms with Gasteiger partial charge in [0.25, 0.3) is 5.91 Å². The van der Waals surface area contributed by atoms with Crippen LogP contribution in [0.2, 0.25) is 0 Å². The van der Waals surface area contributed by atoms with Crippen LogP contribution in [0.1, 0.15) is 40.9 Å². The van der Waals surface area contributed by atoms with E-state index in [-0.39, 0.29) is 32.0 Å². The van der Waals surface area contributed by atoms with E-state index in [4.69, 9.17) is 13.9 Å². The van der Waals surface area contributed by atoms with Crippen molar-refractivity contribution in [2.24, 2.45) is 7.05 Å². The van der Waals surface area contributed by atoms with Gasteiger partial charge in [-0.1, -0.05) is 36.4 Å². The van der Waals surface area contributed by atoms with Gasteiger partial charge in [0, 0.05) is 42.2 Å². The SMILES string of the molecule is COC(=O)CCc1ccccc1NC(=O)[C@H](CCCNC(=O)OCc1ccoc1)NC(=O)c1cc2ccccc2n1C. The lowest BCUT2D eigenvalue weighted by atomic mass is 10.1. The summed E-state index contributed by atoms with van der Waals surface area (Å²) in [6.45, 7) is 0.303. The van der Waals surface area contributed by atoms with E-state index in [1.807, 2.05) is 36.4 Å². The van der Waals surface area contributed by atoms with Crippen molar-refractivity contribution in [2.45, 2.75) is 38.3 Å². The van der Waals surface area contributed by atoms with E-state index < -0.39 is 23.9 Å². The smallest absolute Gasteiger partial charge is 0.407 e. The maximum absolute atomic E-state index is 13.5. The molecule has 2 aromatic carbocycles. The van der Waals surface area contributed by atoms with Crippen LogP contribution in [0.3, 0.4) is 0 Å². The molecule has 220 valence electrons. The predicted octanol–water partition coefficient (Wildman–Crippen LogP) is 4.32. The van der Waals surface area contributed by atoms with Crippen molar-refractivity contribution < 1.29 is 33.1 Å². The number of aromatic nitrogens is 1. The first kappa shape index (κ1) is 29.9. The summed E-state index contributed by atoms with van der Waals surface area (Å²) >= 11 is 0. The minimum Gasteiger partial charge on any atom is -0.472 e. The molecule has 2 aromatic heterocycles. The van der Waals surface area contributed by atoms with Crippen LogP contribution in [0.15, 0.2) is 77.6 Å². The Morgan fingerprint density at radius 3 is 2.57 bits per heavy atom. The van der Waals surface area contributed by atoms with E-state index in [9.17, 15) is 19.2 Å². The molecule has 0 aliphatic rings. The third-order valence-electron chi connectivity index (χ3n) is 6.80. The van der Waals surface area contributed by atoms with Crippen LogP contribution in [0.4, 0.5) is 10.5 Å². The number of fused-ring (bicyclic) bond motifs is 1. The maximum Gasteiger partial charge on any atom is 0.407 e. The fourth-order valence-electron chi connectivity index (χ4n) is 4.50. The highest BCUT2D eigenvalue weighted by molar-refractivity contribution is 6.03. The Morgan fingerprint density at radius 2 is 1.81 bits per heavy atom. The maximum atomic E-state index is 13.5. The molecule has 11 nitrogen and oxygen atoms in total. The summed E-state index contributed by atoms with van der Waals surface area (Å²) in [5.41, 5.74) is 3.33. The molecule has 0 aliphatic carbocycles. The minimum atomic E-state index is -0.909. The van der Waals surface area contributed by atoms with Gasteiger partial charge in [-0.05, 0) is 49.1 Å². The number of methoxy groups -OCH3 is 1. The van der Waals surface area contributed by atoms with Gasteiger partial charge in [-0.3, -0.25) is 14.4 Å². The summed E-state index contributed by atoms with van der Waals surface area (Å²) < 4.78 is 16.6. The van der Waals surface area contributed by atoms with E-state index in [1.54, 1.807) is 35.9 Å². The van der Waals surface area contributed by atoms with E-state index in [2.05, 4.69) is 16.0 Å². The number of nitrogens with zero attached hydrogens (tertiary/aromatic N) is 1. The number of benzene rings is 2. The molecule has 4 rings (SSSR count). The second-order valence-electron chi connectivity index (χ2n) is 9.67. The Labute approximate surface area is 243 Å². The molecule has 0 saturated carbocycles. The molecule has 0 saturated heterocycles. The molecular weight excluding hydrogens is 540 g/mol. The number of aryl methyl sites for hydroxylation is 2. The standard InChI is InChI=1S/C31H34N4O7/c1-35-26-12-6-4-9-23(26)18-27(35)30(38)34-25(11-7-16-32-31(39)42-20-21-15-17-41-19-21)29(37)33-24-10-5-3-8-22(24)13-14-28(36)40-2/h3-6,8-10,12,15,17-19,25H,7,11,13-14,16,20H2,1-2H3,(H,32,39)(H,33,37)(H,34,38)/t25-/m0/s1. The van der Waals surface area contributed by atoms with Crippen molar-refractivity contribution in [3.8, 4) is 0 Å². The largest absolute Gasteiger partial charge is 0.472 e. The van der Waals surface area contributed by atoms with Crippen molar-refractivity contribution in [1.82, 2.24) is 15.2 Å². The van der Waals surface area contributed by atoms with Crippen LogP contribution < -0.4 is 16.0 Å². The van der Waals surface area contributed by atoms with Gasteiger partial charge in [0.1, 0.15) is 18.3 Å². The summed E-state index contributed by atoms with van der Waals surface area (Å²) in [5.74, 6) is -1.18. The number of alkyl carbamates (subject to hydrolysis) is 1. The number of carbonyl (C=O) groups excluding carboxylic acids is 4. The molecular formula is C31H34N4O7. The van der Waals surface area contributed by atoms with E-state index in [0.29, 0.717) is 24.2 Å². The molecule has 0 bridgehead atoms. The summed E-state index contributed by atoms with van der Waals surface area (Å²) in [7, 11) is 3.12. The second kappa shape index (κ2) is 14.5. The quantitative estimate of drug-likeness (QED) is 0.160. The number of anilines is 1. The molecule has 3 N–H and O–H groups in total. The second-order valence-corrected chi connectivity index (χ2v) is 9.67. The van der Waals surface area contributed by atoms with Crippen molar-refractivity contribution in [2.75, 3.05) is 19.0 Å². The predicted molar refractivity (Wildman–Crippen MR) is 156 cm³/mol. The fraction of sp³-hybridized carbons (Fsp3) is 0.290. The van der Waals surface area contributed by atoms with Gasteiger partial charge in [-0.2, -0.15) is 0 Å². The van der Waals surface area contributed by atoms with Crippen LogP contribution in [0.25, 0.3) is 10.9 Å². The highest BCUT2D eigenvalue weighted by atomic mass is 16.5. The number of esters is 1. The summed E-state index contributed by atoms with van der Waals surface area (Å²) in [4.78, 5) is 50.6. The number of carbonyl (C=O) groups is 4. The molecule has 0 aliphatic heterocycles. The number of ether oxygens (including phenoxy) is 2. The zero-order chi connectivity index (χ0) is 29.9. The number of amides is 3. The first-order valence-corrected chi connectivity index (χ1v) is 13.6. The molecule has 3 amide bonds. The van der Waals surface area contributed by atoms with Gasteiger partial charge >= 0.3 is 12.1 Å². The average Bonchev–Trinajstić information content (AvgIpc) is 3.65. The number of nitrogens with one attached hydrogen (secondary N) is 3. The Kier molecular flexibility index (Phi) is 10.4. The third-order valence-corrected chi connectivity index (χ3v) is 6.80. The van der Waals surface area contributed by atoms with Crippen LogP contribution in [0, 0.1) is 0 Å². The number of hydrogen-bond donors (Lipinski definition) is 3. The van der Waals surface area contributed by atoms with E-state index in [0.717, 1.165) is 22.0 Å². The van der Waals surface area contributed by atoms with Gasteiger partial charge in [-0.25, -0.2) is 4.79 Å². The van der Waals surface area contributed by atoms with Crippen LogP contribution in [0.5, 0.6) is 0 Å². The topological polar surface area (TPSA) is 141 Å². The van der Waals surface area contributed by atoms with Gasteiger partial charge in [0.2, 0.25) is 5.91 Å². The molecule has 0 spiro atoms. The average molecular weight is 575 g/mol. The number of furan rings is 1. The Bertz CT molecular complexity index is 1530. The van der Waals surface area contributed by atoms with Crippen LogP contribution in [-0.2, 0) is 39.1 Å². The molecule has 0 unspecified atom stereocenters.